The van der Waals surface area contributed by atoms with E-state index in [9.17, 15) is 0 Å². The molecule has 60 heavy (non-hydrogen) atoms. The molecule has 0 bridgehead atoms. The number of allylic oxidation sites excluding steroid dienone is 1. The molecular formula is C58H92O2. The van der Waals surface area contributed by atoms with Gasteiger partial charge in [-0.25, -0.2) is 0 Å². The number of aryl methyl sites for hydroxylation is 3. The van der Waals surface area contributed by atoms with Crippen molar-refractivity contribution in [2.24, 2.45) is 5.92 Å². The van der Waals surface area contributed by atoms with E-state index in [4.69, 9.17) is 9.47 Å². The molecule has 3 aromatic carbocycles. The Hall–Kier alpha value is -3.00. The number of fused-ring (bicyclic) bond motifs is 3. The zero-order valence-corrected chi connectivity index (χ0v) is 40.8. The Morgan fingerprint density at radius 2 is 0.983 bits per heavy atom. The van der Waals surface area contributed by atoms with Gasteiger partial charge in [0, 0.05) is 11.0 Å². The minimum absolute atomic E-state index is 0.225. The lowest BCUT2D eigenvalue weighted by atomic mass is 9.70. The SMILES string of the molecule is C/C=C/c1cc(OC)c(C)cc1OCC(CC)CCCC.CCCCCCCCCCCCC1(CCCCCCCCCCCC)c2cc(C)ccc2-c2ccc(C)cc21. The standard InChI is InChI=1S/C39H62.C19H30O2/c1-5-7-9-11-13-15-17-19-21-23-29-39(30-24-22-20-18-16-14-12-10-8-6-2)37-31-33(3)25-27-35(37)36-28-26-34(4)32-38(36)39;1-6-9-11-16(8-3)14-21-19-12-15(4)18(20-5)13-17(19)10-7-2/h25-28,31-32H,5-24,29-30H2,1-4H3;7,10,12-13,16H,6,8-9,11,14H2,1-5H3/b;10-7+. The van der Waals surface area contributed by atoms with Crippen molar-refractivity contribution in [3.8, 4) is 22.6 Å². The Morgan fingerprint density at radius 1 is 0.533 bits per heavy atom. The summed E-state index contributed by atoms with van der Waals surface area (Å²) >= 11 is 0. The third-order valence-electron chi connectivity index (χ3n) is 13.5. The lowest BCUT2D eigenvalue weighted by molar-refractivity contribution is 0.232. The summed E-state index contributed by atoms with van der Waals surface area (Å²) in [5.41, 5.74) is 11.6. The van der Waals surface area contributed by atoms with Crippen LogP contribution in [0.2, 0.25) is 0 Å². The number of rotatable bonds is 31. The first-order chi connectivity index (χ1) is 29.3. The number of methoxy groups -OCH3 is 1. The number of hydrogen-bond acceptors (Lipinski definition) is 2. The highest BCUT2D eigenvalue weighted by molar-refractivity contribution is 5.81. The van der Waals surface area contributed by atoms with Gasteiger partial charge in [-0.2, -0.15) is 0 Å². The molecule has 0 radical (unpaired) electrons. The van der Waals surface area contributed by atoms with Crippen LogP contribution in [-0.4, -0.2) is 13.7 Å². The van der Waals surface area contributed by atoms with Crippen molar-refractivity contribution in [2.75, 3.05) is 13.7 Å². The van der Waals surface area contributed by atoms with Gasteiger partial charge in [-0.15, -0.1) is 0 Å². The van der Waals surface area contributed by atoms with Crippen molar-refractivity contribution >= 4 is 6.08 Å². The minimum Gasteiger partial charge on any atom is -0.496 e. The fraction of sp³-hybridized carbons (Fsp3) is 0.655. The van der Waals surface area contributed by atoms with E-state index in [1.807, 2.05) is 13.0 Å². The summed E-state index contributed by atoms with van der Waals surface area (Å²) in [5.74, 6) is 2.51. The average Bonchev–Trinajstić information content (AvgIpc) is 3.50. The van der Waals surface area contributed by atoms with Gasteiger partial charge in [0.1, 0.15) is 11.5 Å². The average molecular weight is 821 g/mol. The molecule has 336 valence electrons. The normalized spacial score (nSPS) is 13.2. The van der Waals surface area contributed by atoms with Gasteiger partial charge in [0.2, 0.25) is 0 Å². The van der Waals surface area contributed by atoms with E-state index < -0.39 is 0 Å². The van der Waals surface area contributed by atoms with Gasteiger partial charge in [0.05, 0.1) is 13.7 Å². The number of ether oxygens (including phenoxy) is 2. The summed E-state index contributed by atoms with van der Waals surface area (Å²) in [7, 11) is 1.71. The molecule has 3 aromatic rings. The minimum atomic E-state index is 0.225. The van der Waals surface area contributed by atoms with Crippen LogP contribution < -0.4 is 9.47 Å². The summed E-state index contributed by atoms with van der Waals surface area (Å²) in [6.45, 7) is 18.6. The lowest BCUT2D eigenvalue weighted by Gasteiger charge is -2.33. The van der Waals surface area contributed by atoms with Crippen molar-refractivity contribution in [3.63, 3.8) is 0 Å². The topological polar surface area (TPSA) is 18.5 Å². The van der Waals surface area contributed by atoms with Crippen molar-refractivity contribution < 1.29 is 9.47 Å². The van der Waals surface area contributed by atoms with Gasteiger partial charge < -0.3 is 9.47 Å². The van der Waals surface area contributed by atoms with Crippen LogP contribution in [0.15, 0.2) is 54.6 Å². The summed E-state index contributed by atoms with van der Waals surface area (Å²) in [6, 6.07) is 18.8. The molecule has 1 atom stereocenters. The van der Waals surface area contributed by atoms with Crippen LogP contribution in [0.4, 0.5) is 0 Å². The van der Waals surface area contributed by atoms with E-state index in [-0.39, 0.29) is 5.41 Å². The lowest BCUT2D eigenvalue weighted by Crippen LogP contribution is -2.25. The molecule has 0 N–H and O–H groups in total. The van der Waals surface area contributed by atoms with Gasteiger partial charge in [-0.1, -0.05) is 235 Å². The summed E-state index contributed by atoms with van der Waals surface area (Å²) in [4.78, 5) is 0. The van der Waals surface area contributed by atoms with Gasteiger partial charge in [0.15, 0.2) is 0 Å². The maximum atomic E-state index is 6.11. The first kappa shape index (κ1) is 51.4. The fourth-order valence-electron chi connectivity index (χ4n) is 9.65. The Bertz CT molecular complexity index is 1540. The smallest absolute Gasteiger partial charge is 0.127 e. The molecule has 0 fully saturated rings. The van der Waals surface area contributed by atoms with Gasteiger partial charge in [-0.3, -0.25) is 0 Å². The quantitative estimate of drug-likeness (QED) is 0.0602. The highest BCUT2D eigenvalue weighted by Gasteiger charge is 2.42. The zero-order chi connectivity index (χ0) is 43.4. The predicted molar refractivity (Wildman–Crippen MR) is 266 cm³/mol. The van der Waals surface area contributed by atoms with Crippen LogP contribution in [0.1, 0.15) is 235 Å². The monoisotopic (exact) mass is 821 g/mol. The fourth-order valence-corrected chi connectivity index (χ4v) is 9.65. The van der Waals surface area contributed by atoms with E-state index in [1.165, 1.54) is 189 Å². The Labute approximate surface area is 372 Å². The third kappa shape index (κ3) is 17.0. The summed E-state index contributed by atoms with van der Waals surface area (Å²) < 4.78 is 11.5. The van der Waals surface area contributed by atoms with E-state index in [0.717, 1.165) is 29.2 Å². The molecule has 1 aliphatic carbocycles. The highest BCUT2D eigenvalue weighted by atomic mass is 16.5. The predicted octanol–water partition coefficient (Wildman–Crippen LogP) is 18.8. The van der Waals surface area contributed by atoms with Crippen molar-refractivity contribution in [1.82, 2.24) is 0 Å². The zero-order valence-electron chi connectivity index (χ0n) is 40.8. The second-order valence-electron chi connectivity index (χ2n) is 18.6. The van der Waals surface area contributed by atoms with Crippen LogP contribution in [0.5, 0.6) is 11.5 Å². The highest BCUT2D eigenvalue weighted by Crippen LogP contribution is 2.54. The molecule has 0 aromatic heterocycles. The molecular weight excluding hydrogens is 729 g/mol. The second kappa shape index (κ2) is 30.1. The number of benzene rings is 3. The van der Waals surface area contributed by atoms with Crippen molar-refractivity contribution in [1.29, 1.82) is 0 Å². The summed E-state index contributed by atoms with van der Waals surface area (Å²) in [6.07, 6.45) is 40.1. The van der Waals surface area contributed by atoms with Gasteiger partial charge in [-0.05, 0) is 92.8 Å². The molecule has 0 saturated carbocycles. The Kier molecular flexibility index (Phi) is 25.8. The molecule has 0 heterocycles. The van der Waals surface area contributed by atoms with Crippen LogP contribution in [0.25, 0.3) is 17.2 Å². The third-order valence-corrected chi connectivity index (χ3v) is 13.5. The number of unbranched alkanes of at least 4 members (excludes halogenated alkanes) is 19. The van der Waals surface area contributed by atoms with E-state index >= 15 is 0 Å². The first-order valence-corrected chi connectivity index (χ1v) is 25.4. The maximum Gasteiger partial charge on any atom is 0.127 e. The molecule has 0 saturated heterocycles. The largest absolute Gasteiger partial charge is 0.496 e. The maximum absolute atomic E-state index is 6.11. The van der Waals surface area contributed by atoms with Crippen LogP contribution in [0, 0.1) is 26.7 Å². The molecule has 0 spiro atoms. The van der Waals surface area contributed by atoms with E-state index in [0.29, 0.717) is 5.92 Å². The van der Waals surface area contributed by atoms with Crippen molar-refractivity contribution in [3.05, 3.63) is 88.0 Å². The Balaban J connectivity index is 0.000000386. The molecule has 1 aliphatic rings. The van der Waals surface area contributed by atoms with Crippen LogP contribution in [0.3, 0.4) is 0 Å². The molecule has 2 nitrogen and oxygen atoms in total. The molecule has 4 rings (SSSR count). The molecule has 0 aliphatic heterocycles. The Morgan fingerprint density at radius 3 is 1.40 bits per heavy atom. The first-order valence-electron chi connectivity index (χ1n) is 25.4. The summed E-state index contributed by atoms with van der Waals surface area (Å²) in [5, 5.41) is 0. The van der Waals surface area contributed by atoms with Gasteiger partial charge in [0.25, 0.3) is 0 Å². The molecule has 0 amide bonds. The van der Waals surface area contributed by atoms with Crippen LogP contribution in [-0.2, 0) is 5.41 Å². The van der Waals surface area contributed by atoms with E-state index in [2.05, 4.69) is 103 Å². The van der Waals surface area contributed by atoms with Gasteiger partial charge >= 0.3 is 0 Å². The van der Waals surface area contributed by atoms with Crippen molar-refractivity contribution in [2.45, 2.75) is 228 Å². The number of hydrogen-bond donors (Lipinski definition) is 0. The van der Waals surface area contributed by atoms with E-state index in [1.54, 1.807) is 18.2 Å². The second-order valence-corrected chi connectivity index (χ2v) is 18.6. The molecule has 1 unspecified atom stereocenters. The van der Waals surface area contributed by atoms with Crippen LogP contribution >= 0.6 is 0 Å². The molecule has 2 heteroatoms.